The molecule has 0 spiro atoms. The summed E-state index contributed by atoms with van der Waals surface area (Å²) >= 11 is 0. The van der Waals surface area contributed by atoms with Gasteiger partial charge in [0.15, 0.2) is 11.7 Å². The molecule has 2 fully saturated rings. The molecule has 2 aromatic carbocycles. The van der Waals surface area contributed by atoms with Gasteiger partial charge >= 0.3 is 0 Å². The summed E-state index contributed by atoms with van der Waals surface area (Å²) in [5.41, 5.74) is 12.4. The molecule has 1 aliphatic heterocycles. The summed E-state index contributed by atoms with van der Waals surface area (Å²) in [4.78, 5) is 156. The number of nitrogens with two attached hydrogens (primary N) is 2. The first-order chi connectivity index (χ1) is 42.3. The molecule has 89 heavy (non-hydrogen) atoms. The number of phenols is 1. The molecule has 1 aliphatic carbocycles. The standard InChI is InChI=1S/C62H88N14O13/c1-7-12-52(80)51-16-11-24-76(51)60(88)44(15-10-23-66-61(63)64)69-54(82)45(25-35(2)3)71-59(87)50(33-89-62(4,5)6)75-55(83)46(26-36-17-20-40(78)21-18-36)72-58(86)49(32-77)74-56(84)47(28-38-30-67-43-14-9-8-13-42(38)43)73-57(85)48(29-39-31-65-34-68-39)70-53(81)37-19-22-41(79)27-37/h8-9,13-14,17-18,20-21,30-31,34-35,37,44-51,67,77-78H,7,10-12,15-16,19,22-29,32-33H2,1-6H3,(H,65,68)(H,69,82)(H,70,81)(H,71,87)(H,72,86)(H,73,85)(H,74,84)(H,75,83)(H4,63,64,66)/t37-,44-,45+,46-,47+,48+,49-,50-,51-/m1/s1. The third-order valence-electron chi connectivity index (χ3n) is 15.4. The molecule has 6 rings (SSSR count). The molecule has 27 nitrogen and oxygen atoms in total. The van der Waals surface area contributed by atoms with E-state index in [1.54, 1.807) is 39.1 Å². The van der Waals surface area contributed by atoms with Crippen LogP contribution in [-0.4, -0.2) is 175 Å². The van der Waals surface area contributed by atoms with Crippen molar-refractivity contribution in [2.24, 2.45) is 28.3 Å². The van der Waals surface area contributed by atoms with Gasteiger partial charge in [0.05, 0.1) is 31.2 Å². The van der Waals surface area contributed by atoms with E-state index in [0.717, 1.165) is 5.52 Å². The number of hydrogen-bond acceptors (Lipinski definition) is 15. The summed E-state index contributed by atoms with van der Waals surface area (Å²) in [5.74, 6) is -7.61. The lowest BCUT2D eigenvalue weighted by Crippen LogP contribution is -2.62. The van der Waals surface area contributed by atoms with Gasteiger partial charge in [-0.15, -0.1) is 0 Å². The van der Waals surface area contributed by atoms with E-state index in [1.807, 2.05) is 32.9 Å². The fraction of sp³-hybridized carbons (Fsp3) is 0.548. The molecular formula is C62H88N14O13. The number of guanidine groups is 1. The predicted molar refractivity (Wildman–Crippen MR) is 329 cm³/mol. The quantitative estimate of drug-likeness (QED) is 0.0177. The number of benzene rings is 2. The molecule has 0 bridgehead atoms. The van der Waals surface area contributed by atoms with E-state index in [4.69, 9.17) is 16.2 Å². The molecule has 9 atom stereocenters. The van der Waals surface area contributed by atoms with Crippen molar-refractivity contribution in [3.8, 4) is 5.75 Å². The van der Waals surface area contributed by atoms with E-state index in [0.29, 0.717) is 54.4 Å². The van der Waals surface area contributed by atoms with E-state index in [1.165, 1.54) is 41.7 Å². The lowest BCUT2D eigenvalue weighted by Gasteiger charge is -2.31. The fourth-order valence-electron chi connectivity index (χ4n) is 10.7. The number of aromatic nitrogens is 3. The highest BCUT2D eigenvalue weighted by atomic mass is 16.5. The summed E-state index contributed by atoms with van der Waals surface area (Å²) in [6.45, 7) is 9.66. The Bertz CT molecular complexity index is 3120. The maximum Gasteiger partial charge on any atom is 0.245 e. The number of nitrogens with one attached hydrogen (secondary N) is 9. The predicted octanol–water partition coefficient (Wildman–Crippen LogP) is 0.655. The molecule has 0 radical (unpaired) electrons. The van der Waals surface area contributed by atoms with Gasteiger partial charge in [-0.3, -0.25) is 52.9 Å². The lowest BCUT2D eigenvalue weighted by molar-refractivity contribution is -0.141. The van der Waals surface area contributed by atoms with Crippen LogP contribution in [0.2, 0.25) is 0 Å². The van der Waals surface area contributed by atoms with Crippen LogP contribution in [0.15, 0.2) is 72.2 Å². The maximum absolute atomic E-state index is 14.8. The fourth-order valence-corrected chi connectivity index (χ4v) is 10.7. The molecule has 27 heteroatoms. The third kappa shape index (κ3) is 21.2. The Morgan fingerprint density at radius 3 is 1.99 bits per heavy atom. The van der Waals surface area contributed by atoms with Crippen LogP contribution in [0.3, 0.4) is 0 Å². The van der Waals surface area contributed by atoms with Gasteiger partial charge in [-0.2, -0.15) is 0 Å². The Kier molecular flexibility index (Phi) is 25.7. The number of carbonyl (C=O) groups is 10. The zero-order valence-electron chi connectivity index (χ0n) is 51.5. The number of hydrogen-bond donors (Lipinski definition) is 13. The van der Waals surface area contributed by atoms with Gasteiger partial charge in [-0.05, 0) is 101 Å². The van der Waals surface area contributed by atoms with Crippen molar-refractivity contribution in [1.29, 1.82) is 0 Å². The van der Waals surface area contributed by atoms with Crippen LogP contribution >= 0.6 is 0 Å². The molecule has 4 aromatic rings. The SMILES string of the molecule is CCCC(=O)[C@H]1CCCN1C(=O)[C@@H](CCCN=C(N)N)NC(=O)[C@H](CC(C)C)NC(=O)[C@@H](COC(C)(C)C)NC(=O)[C@@H](Cc1ccc(O)cc1)NC(=O)[C@@H](CO)NC(=O)[C@H](Cc1c[nH]c2ccccc12)NC(=O)[C@H](Cc1cnc[nH]1)NC(=O)[C@@H]1CCC(=O)C1. The number of nitrogens with zero attached hydrogens (tertiary/aromatic N) is 3. The summed E-state index contributed by atoms with van der Waals surface area (Å²) < 4.78 is 6.05. The highest BCUT2D eigenvalue weighted by Gasteiger charge is 2.40. The number of imidazole rings is 1. The smallest absolute Gasteiger partial charge is 0.245 e. The number of Topliss-reactive ketones (excluding diaryl/α,β-unsaturated/α-hetero) is 2. The van der Waals surface area contributed by atoms with Crippen LogP contribution in [0.4, 0.5) is 0 Å². The number of aromatic amines is 2. The Balaban J connectivity index is 1.24. The van der Waals surface area contributed by atoms with Crippen molar-refractivity contribution in [2.45, 2.75) is 179 Å². The number of ketones is 2. The topological polar surface area (TPSA) is 417 Å². The zero-order chi connectivity index (χ0) is 65.0. The van der Waals surface area contributed by atoms with E-state index in [2.05, 4.69) is 57.2 Å². The zero-order valence-corrected chi connectivity index (χ0v) is 51.5. The number of aliphatic imine (C=N–C) groups is 1. The van der Waals surface area contributed by atoms with Gasteiger partial charge in [0.25, 0.3) is 0 Å². The number of carbonyl (C=O) groups excluding carboxylic acids is 10. The Hall–Kier alpha value is -8.72. The number of ether oxygens (including phenoxy) is 1. The first-order valence-electron chi connectivity index (χ1n) is 30.4. The van der Waals surface area contributed by atoms with Gasteiger partial charge in [0, 0.05) is 86.5 Å². The van der Waals surface area contributed by atoms with Crippen LogP contribution in [0.1, 0.15) is 123 Å². The largest absolute Gasteiger partial charge is 0.508 e. The van der Waals surface area contributed by atoms with Crippen LogP contribution < -0.4 is 48.7 Å². The maximum atomic E-state index is 14.8. The van der Waals surface area contributed by atoms with Crippen LogP contribution in [0.5, 0.6) is 5.75 Å². The summed E-state index contributed by atoms with van der Waals surface area (Å²) in [6, 6.07) is 2.24. The Morgan fingerprint density at radius 2 is 1.37 bits per heavy atom. The van der Waals surface area contributed by atoms with Crippen LogP contribution in [-0.2, 0) is 71.9 Å². The van der Waals surface area contributed by atoms with Crippen molar-refractivity contribution in [2.75, 3.05) is 26.3 Å². The van der Waals surface area contributed by atoms with Crippen molar-refractivity contribution >= 4 is 75.7 Å². The van der Waals surface area contributed by atoms with Gasteiger partial charge in [0.1, 0.15) is 53.8 Å². The van der Waals surface area contributed by atoms with Crippen LogP contribution in [0, 0.1) is 11.8 Å². The highest BCUT2D eigenvalue weighted by Crippen LogP contribution is 2.25. The third-order valence-corrected chi connectivity index (χ3v) is 15.4. The Labute approximate surface area is 517 Å². The first-order valence-corrected chi connectivity index (χ1v) is 30.4. The van der Waals surface area contributed by atoms with Gasteiger partial charge in [-0.25, -0.2) is 4.98 Å². The minimum atomic E-state index is -1.77. The number of amides is 8. The molecule has 2 aliphatic rings. The Morgan fingerprint density at radius 1 is 0.764 bits per heavy atom. The monoisotopic (exact) mass is 1240 g/mol. The number of rotatable bonds is 33. The molecule has 0 unspecified atom stereocenters. The summed E-state index contributed by atoms with van der Waals surface area (Å²) in [7, 11) is 0. The minimum absolute atomic E-state index is 0.0147. The average molecular weight is 1240 g/mol. The molecular weight excluding hydrogens is 1150 g/mol. The van der Waals surface area contributed by atoms with E-state index in [9.17, 15) is 58.2 Å². The molecule has 2 aromatic heterocycles. The number of fused-ring (bicyclic) bond motifs is 1. The number of para-hydroxylation sites is 1. The first kappa shape index (κ1) is 69.4. The molecule has 484 valence electrons. The second-order valence-corrected chi connectivity index (χ2v) is 24.2. The molecule has 1 saturated carbocycles. The van der Waals surface area contributed by atoms with E-state index < -0.39 is 120 Å². The number of likely N-dealkylation sites (tertiary alicyclic amines) is 1. The summed E-state index contributed by atoms with van der Waals surface area (Å²) in [6.07, 6.45) is 6.93. The number of phenolic OH excluding ortho intramolecular Hbond substituents is 1. The van der Waals surface area contributed by atoms with Crippen LogP contribution in [0.25, 0.3) is 10.9 Å². The molecule has 8 amide bonds. The van der Waals surface area contributed by atoms with Gasteiger partial charge < -0.3 is 78.5 Å². The van der Waals surface area contributed by atoms with Crippen molar-refractivity contribution in [3.05, 3.63) is 84.1 Å². The number of aromatic hydroxyl groups is 1. The number of H-pyrrole nitrogens is 2. The van der Waals surface area contributed by atoms with Crippen molar-refractivity contribution in [1.82, 2.24) is 57.1 Å². The molecule has 15 N–H and O–H groups in total. The normalized spacial score (nSPS) is 17.3. The highest BCUT2D eigenvalue weighted by molar-refractivity contribution is 5.99. The average Bonchev–Trinajstić information content (AvgIpc) is 2.55. The second kappa shape index (κ2) is 33.0. The van der Waals surface area contributed by atoms with E-state index in [-0.39, 0.29) is 93.5 Å². The number of aliphatic hydroxyl groups excluding tert-OH is 1. The van der Waals surface area contributed by atoms with E-state index >= 15 is 0 Å². The van der Waals surface area contributed by atoms with Crippen molar-refractivity contribution < 1.29 is 62.9 Å². The lowest BCUT2D eigenvalue weighted by atomic mass is 10.0. The van der Waals surface area contributed by atoms with Gasteiger partial charge in [-0.1, -0.05) is 51.1 Å². The minimum Gasteiger partial charge on any atom is -0.508 e. The summed E-state index contributed by atoms with van der Waals surface area (Å²) in [5, 5.41) is 40.6. The van der Waals surface area contributed by atoms with Gasteiger partial charge in [0.2, 0.25) is 47.3 Å². The second-order valence-electron chi connectivity index (χ2n) is 24.2. The number of aliphatic hydroxyl groups is 1. The molecule has 3 heterocycles. The van der Waals surface area contributed by atoms with Crippen molar-refractivity contribution in [3.63, 3.8) is 0 Å². The molecule has 1 saturated heterocycles.